The topological polar surface area (TPSA) is 9.23 Å². The molecule has 3 aliphatic rings. The second-order valence-electron chi connectivity index (χ2n) is 5.84. The summed E-state index contributed by atoms with van der Waals surface area (Å²) in [6.45, 7) is 0. The quantitative estimate of drug-likeness (QED) is 0.747. The average molecular weight is 264 g/mol. The summed E-state index contributed by atoms with van der Waals surface area (Å²) < 4.78 is 19.2. The van der Waals surface area contributed by atoms with Crippen molar-refractivity contribution in [1.82, 2.24) is 0 Å². The van der Waals surface area contributed by atoms with Crippen molar-refractivity contribution in [3.05, 3.63) is 77.1 Å². The van der Waals surface area contributed by atoms with Gasteiger partial charge in [0.1, 0.15) is 5.82 Å². The normalized spacial score (nSPS) is 32.4. The van der Waals surface area contributed by atoms with E-state index in [1.165, 1.54) is 28.8 Å². The van der Waals surface area contributed by atoms with Crippen molar-refractivity contribution >= 4 is 5.57 Å². The lowest BCUT2D eigenvalue weighted by atomic mass is 9.63. The van der Waals surface area contributed by atoms with Gasteiger partial charge in [0.15, 0.2) is 0 Å². The van der Waals surface area contributed by atoms with Crippen LogP contribution in [0.15, 0.2) is 54.6 Å². The van der Waals surface area contributed by atoms with Gasteiger partial charge in [-0.3, -0.25) is 0 Å². The van der Waals surface area contributed by atoms with Crippen LogP contribution in [0.2, 0.25) is 0 Å². The van der Waals surface area contributed by atoms with Gasteiger partial charge in [-0.2, -0.15) is 0 Å². The van der Waals surface area contributed by atoms with E-state index < -0.39 is 0 Å². The fourth-order valence-corrected chi connectivity index (χ4v) is 3.99. The zero-order valence-corrected chi connectivity index (χ0v) is 10.8. The van der Waals surface area contributed by atoms with Gasteiger partial charge in [0, 0.05) is 11.8 Å². The van der Waals surface area contributed by atoms with E-state index in [1.807, 2.05) is 12.1 Å². The second kappa shape index (κ2) is 3.58. The third kappa shape index (κ3) is 1.20. The largest absolute Gasteiger partial charge is 0.364 e. The Hall–Kier alpha value is -1.93. The molecule has 0 N–H and O–H groups in total. The highest BCUT2D eigenvalue weighted by Crippen LogP contribution is 2.65. The highest BCUT2D eigenvalue weighted by Gasteiger charge is 2.56. The van der Waals surface area contributed by atoms with E-state index in [0.29, 0.717) is 11.8 Å². The Morgan fingerprint density at radius 3 is 2.30 bits per heavy atom. The van der Waals surface area contributed by atoms with Crippen LogP contribution in [0.25, 0.3) is 5.57 Å². The molecule has 1 nitrogen and oxygen atoms in total. The molecular formula is C18H13FO. The Labute approximate surface area is 116 Å². The predicted octanol–water partition coefficient (Wildman–Crippen LogP) is 4.28. The van der Waals surface area contributed by atoms with Crippen LogP contribution in [-0.2, 0) is 4.74 Å². The molecule has 98 valence electrons. The first kappa shape index (κ1) is 10.8. The molecule has 2 heterocycles. The number of hydrogen-bond donors (Lipinski definition) is 0. The van der Waals surface area contributed by atoms with Crippen LogP contribution in [0.4, 0.5) is 4.39 Å². The van der Waals surface area contributed by atoms with Crippen molar-refractivity contribution in [2.75, 3.05) is 0 Å². The Balaban J connectivity index is 1.56. The van der Waals surface area contributed by atoms with E-state index in [0.717, 1.165) is 5.56 Å². The van der Waals surface area contributed by atoms with E-state index in [9.17, 15) is 4.39 Å². The number of hydrogen-bond acceptors (Lipinski definition) is 1. The first-order valence-corrected chi connectivity index (χ1v) is 7.05. The maximum Gasteiger partial charge on any atom is 0.123 e. The van der Waals surface area contributed by atoms with Crippen LogP contribution < -0.4 is 0 Å². The molecule has 0 unspecified atom stereocenters. The summed E-state index contributed by atoms with van der Waals surface area (Å²) in [5, 5.41) is 0. The standard InChI is InChI=1S/C18H13FO/c19-11-7-5-10(6-8-11)14-9-15-16(14)18-13-4-2-1-3-12(13)17(15)20-18/h1-9,15-18H/t15-,16+,17+,18-/m0/s1. The van der Waals surface area contributed by atoms with Crippen LogP contribution in [0.5, 0.6) is 0 Å². The van der Waals surface area contributed by atoms with Crippen LogP contribution in [0, 0.1) is 17.7 Å². The summed E-state index contributed by atoms with van der Waals surface area (Å²) in [4.78, 5) is 0. The average Bonchev–Trinajstić information content (AvgIpc) is 2.93. The molecule has 1 aliphatic carbocycles. The van der Waals surface area contributed by atoms with E-state index >= 15 is 0 Å². The van der Waals surface area contributed by atoms with Gasteiger partial charge < -0.3 is 4.74 Å². The van der Waals surface area contributed by atoms with E-state index in [4.69, 9.17) is 4.74 Å². The van der Waals surface area contributed by atoms with Crippen molar-refractivity contribution in [2.24, 2.45) is 11.8 Å². The molecule has 20 heavy (non-hydrogen) atoms. The SMILES string of the molecule is Fc1ccc(C2=C[C@H]3[C@@H]2[C@H]2O[C@@H]3c3ccccc32)cc1. The molecular weight excluding hydrogens is 251 g/mol. The maximum absolute atomic E-state index is 13.0. The van der Waals surface area contributed by atoms with Crippen LogP contribution >= 0.6 is 0 Å². The Morgan fingerprint density at radius 2 is 1.55 bits per heavy atom. The minimum absolute atomic E-state index is 0.181. The summed E-state index contributed by atoms with van der Waals surface area (Å²) in [7, 11) is 0. The fraction of sp³-hybridized carbons (Fsp3) is 0.222. The summed E-state index contributed by atoms with van der Waals surface area (Å²) >= 11 is 0. The fourth-order valence-electron chi connectivity index (χ4n) is 3.99. The molecule has 2 bridgehead atoms. The first-order valence-electron chi connectivity index (χ1n) is 7.05. The van der Waals surface area contributed by atoms with Gasteiger partial charge in [-0.1, -0.05) is 42.5 Å². The molecule has 2 aliphatic heterocycles. The maximum atomic E-state index is 13.0. The molecule has 1 fully saturated rings. The molecule has 0 amide bonds. The van der Waals surface area contributed by atoms with Gasteiger partial charge in [0.25, 0.3) is 0 Å². The zero-order valence-electron chi connectivity index (χ0n) is 10.8. The molecule has 5 rings (SSSR count). The minimum atomic E-state index is -0.181. The molecule has 4 atom stereocenters. The molecule has 1 saturated heterocycles. The van der Waals surface area contributed by atoms with Crippen LogP contribution in [0.1, 0.15) is 28.9 Å². The highest BCUT2D eigenvalue weighted by atomic mass is 19.1. The third-order valence-corrected chi connectivity index (χ3v) is 4.90. The van der Waals surface area contributed by atoms with Gasteiger partial charge in [-0.15, -0.1) is 0 Å². The lowest BCUT2D eigenvalue weighted by Crippen LogP contribution is -2.29. The summed E-state index contributed by atoms with van der Waals surface area (Å²) in [6.07, 6.45) is 2.72. The lowest BCUT2D eigenvalue weighted by molar-refractivity contribution is 0.0626. The minimum Gasteiger partial charge on any atom is -0.364 e. The molecule has 2 aromatic carbocycles. The van der Waals surface area contributed by atoms with Gasteiger partial charge in [-0.05, 0) is 34.4 Å². The Bertz CT molecular complexity index is 731. The molecule has 2 aromatic rings. The molecule has 0 radical (unpaired) electrons. The van der Waals surface area contributed by atoms with Crippen molar-refractivity contribution in [1.29, 1.82) is 0 Å². The van der Waals surface area contributed by atoms with E-state index in [1.54, 1.807) is 0 Å². The Morgan fingerprint density at radius 1 is 0.850 bits per heavy atom. The summed E-state index contributed by atoms with van der Waals surface area (Å²) in [5.74, 6) is 0.759. The van der Waals surface area contributed by atoms with Gasteiger partial charge in [-0.25, -0.2) is 4.39 Å². The Kier molecular flexibility index (Phi) is 1.94. The van der Waals surface area contributed by atoms with Crippen molar-refractivity contribution in [3.63, 3.8) is 0 Å². The molecule has 0 aromatic heterocycles. The lowest BCUT2D eigenvalue weighted by Gasteiger charge is -2.37. The van der Waals surface area contributed by atoms with Gasteiger partial charge in [0.05, 0.1) is 12.2 Å². The smallest absolute Gasteiger partial charge is 0.123 e. The molecule has 0 saturated carbocycles. The van der Waals surface area contributed by atoms with Gasteiger partial charge in [0.2, 0.25) is 0 Å². The number of fused-ring (bicyclic) bond motifs is 8. The van der Waals surface area contributed by atoms with Crippen molar-refractivity contribution < 1.29 is 9.13 Å². The second-order valence-corrected chi connectivity index (χ2v) is 5.84. The monoisotopic (exact) mass is 264 g/mol. The zero-order chi connectivity index (χ0) is 13.3. The predicted molar refractivity (Wildman–Crippen MR) is 74.4 cm³/mol. The van der Waals surface area contributed by atoms with E-state index in [2.05, 4.69) is 30.3 Å². The van der Waals surface area contributed by atoms with Crippen LogP contribution in [0.3, 0.4) is 0 Å². The number of halogens is 1. The van der Waals surface area contributed by atoms with Crippen LogP contribution in [-0.4, -0.2) is 0 Å². The molecule has 2 heteroatoms. The number of benzene rings is 2. The number of rotatable bonds is 1. The summed E-state index contributed by atoms with van der Waals surface area (Å²) in [5.41, 5.74) is 5.14. The third-order valence-electron chi connectivity index (χ3n) is 4.90. The number of ether oxygens (including phenoxy) is 1. The highest BCUT2D eigenvalue weighted by molar-refractivity contribution is 5.76. The summed E-state index contributed by atoms with van der Waals surface area (Å²) in [6, 6.07) is 15.3. The first-order chi connectivity index (χ1) is 9.83. The van der Waals surface area contributed by atoms with E-state index in [-0.39, 0.29) is 18.0 Å². The molecule has 0 spiro atoms. The van der Waals surface area contributed by atoms with Gasteiger partial charge >= 0.3 is 0 Å². The van der Waals surface area contributed by atoms with Crippen molar-refractivity contribution in [2.45, 2.75) is 12.2 Å². The van der Waals surface area contributed by atoms with Crippen molar-refractivity contribution in [3.8, 4) is 0 Å².